The van der Waals surface area contributed by atoms with Gasteiger partial charge in [-0.05, 0) is 40.8 Å². The zero-order chi connectivity index (χ0) is 14.8. The Morgan fingerprint density at radius 3 is 2.57 bits per heavy atom. The maximum atomic E-state index is 12.9. The van der Waals surface area contributed by atoms with E-state index in [2.05, 4.69) is 29.4 Å². The minimum Gasteiger partial charge on any atom is -0.338 e. The molecule has 2 heterocycles. The van der Waals surface area contributed by atoms with E-state index in [0.717, 1.165) is 18.8 Å². The van der Waals surface area contributed by atoms with Crippen LogP contribution in [0.5, 0.6) is 0 Å². The number of likely N-dealkylation sites (tertiary alicyclic amines) is 1. The van der Waals surface area contributed by atoms with Crippen molar-refractivity contribution in [3.63, 3.8) is 0 Å². The molecule has 1 amide bonds. The SMILES string of the molecule is C[C@@H]1C[C@H](C)CN(C(=O)c2ccccc2-n2cnnn2)C1. The number of piperidine rings is 1. The topological polar surface area (TPSA) is 63.9 Å². The first-order chi connectivity index (χ1) is 10.1. The number of carbonyl (C=O) groups is 1. The van der Waals surface area contributed by atoms with Crippen LogP contribution in [0.25, 0.3) is 5.69 Å². The lowest BCUT2D eigenvalue weighted by Crippen LogP contribution is -2.42. The van der Waals surface area contributed by atoms with Crippen LogP contribution in [0.15, 0.2) is 30.6 Å². The third-order valence-corrected chi connectivity index (χ3v) is 3.89. The number of hydrogen-bond acceptors (Lipinski definition) is 4. The molecule has 0 aliphatic carbocycles. The third kappa shape index (κ3) is 2.79. The molecule has 0 unspecified atom stereocenters. The molecule has 1 saturated heterocycles. The lowest BCUT2D eigenvalue weighted by Gasteiger charge is -2.35. The zero-order valence-corrected chi connectivity index (χ0v) is 12.3. The molecule has 1 fully saturated rings. The van der Waals surface area contributed by atoms with E-state index < -0.39 is 0 Å². The van der Waals surface area contributed by atoms with Crippen molar-refractivity contribution in [2.24, 2.45) is 11.8 Å². The van der Waals surface area contributed by atoms with Gasteiger partial charge >= 0.3 is 0 Å². The van der Waals surface area contributed by atoms with Gasteiger partial charge in [0.15, 0.2) is 0 Å². The summed E-state index contributed by atoms with van der Waals surface area (Å²) in [6.45, 7) is 6.02. The van der Waals surface area contributed by atoms with Gasteiger partial charge in [-0.15, -0.1) is 5.10 Å². The maximum absolute atomic E-state index is 12.9. The number of benzene rings is 1. The Kier molecular flexibility index (Phi) is 3.68. The molecule has 110 valence electrons. The van der Waals surface area contributed by atoms with Gasteiger partial charge in [-0.2, -0.15) is 4.68 Å². The van der Waals surface area contributed by atoms with E-state index in [-0.39, 0.29) is 5.91 Å². The van der Waals surface area contributed by atoms with Crippen LogP contribution in [-0.4, -0.2) is 44.1 Å². The average molecular weight is 285 g/mol. The molecule has 1 aliphatic heterocycles. The molecule has 3 rings (SSSR count). The van der Waals surface area contributed by atoms with Gasteiger partial charge in [-0.1, -0.05) is 26.0 Å². The number of nitrogens with zero attached hydrogens (tertiary/aromatic N) is 5. The Labute approximate surface area is 123 Å². The molecule has 0 bridgehead atoms. The lowest BCUT2D eigenvalue weighted by molar-refractivity contribution is 0.0623. The van der Waals surface area contributed by atoms with Gasteiger partial charge in [0, 0.05) is 13.1 Å². The van der Waals surface area contributed by atoms with E-state index in [1.54, 1.807) is 0 Å². The van der Waals surface area contributed by atoms with Crippen molar-refractivity contribution in [2.75, 3.05) is 13.1 Å². The van der Waals surface area contributed by atoms with Gasteiger partial charge in [-0.25, -0.2) is 0 Å². The highest BCUT2D eigenvalue weighted by atomic mass is 16.2. The van der Waals surface area contributed by atoms with Crippen molar-refractivity contribution in [3.05, 3.63) is 36.2 Å². The fourth-order valence-corrected chi connectivity index (χ4v) is 3.13. The molecule has 0 spiro atoms. The van der Waals surface area contributed by atoms with Crippen LogP contribution in [0.1, 0.15) is 30.6 Å². The molecule has 6 heteroatoms. The molecule has 0 saturated carbocycles. The van der Waals surface area contributed by atoms with Crippen LogP contribution in [0.2, 0.25) is 0 Å². The van der Waals surface area contributed by atoms with Gasteiger partial charge in [0.1, 0.15) is 6.33 Å². The molecule has 1 aromatic heterocycles. The minimum atomic E-state index is 0.0551. The van der Waals surface area contributed by atoms with Crippen LogP contribution in [-0.2, 0) is 0 Å². The molecule has 1 aliphatic rings. The van der Waals surface area contributed by atoms with E-state index in [1.807, 2.05) is 29.2 Å². The van der Waals surface area contributed by atoms with Gasteiger partial charge in [-0.3, -0.25) is 4.79 Å². The second-order valence-electron chi connectivity index (χ2n) is 5.93. The molecule has 0 radical (unpaired) electrons. The molecule has 1 aromatic carbocycles. The van der Waals surface area contributed by atoms with Crippen LogP contribution < -0.4 is 0 Å². The van der Waals surface area contributed by atoms with Crippen molar-refractivity contribution in [3.8, 4) is 5.69 Å². The van der Waals surface area contributed by atoms with Gasteiger partial charge in [0.25, 0.3) is 5.91 Å². The molecule has 2 aromatic rings. The smallest absolute Gasteiger partial charge is 0.256 e. The fraction of sp³-hybridized carbons (Fsp3) is 0.467. The predicted octanol–water partition coefficient (Wildman–Crippen LogP) is 1.78. The normalized spacial score (nSPS) is 22.3. The summed E-state index contributed by atoms with van der Waals surface area (Å²) in [5.74, 6) is 1.13. The van der Waals surface area contributed by atoms with E-state index >= 15 is 0 Å². The Morgan fingerprint density at radius 1 is 1.19 bits per heavy atom. The van der Waals surface area contributed by atoms with E-state index in [9.17, 15) is 4.79 Å². The number of aromatic nitrogens is 4. The third-order valence-electron chi connectivity index (χ3n) is 3.89. The summed E-state index contributed by atoms with van der Waals surface area (Å²) in [5, 5.41) is 11.2. The first-order valence-electron chi connectivity index (χ1n) is 7.27. The van der Waals surface area contributed by atoms with Crippen molar-refractivity contribution in [1.82, 2.24) is 25.1 Å². The zero-order valence-electron chi connectivity index (χ0n) is 12.3. The van der Waals surface area contributed by atoms with Crippen molar-refractivity contribution >= 4 is 5.91 Å². The van der Waals surface area contributed by atoms with Gasteiger partial charge in [0.2, 0.25) is 0 Å². The second kappa shape index (κ2) is 5.63. The van der Waals surface area contributed by atoms with Gasteiger partial charge in [0.05, 0.1) is 11.3 Å². The van der Waals surface area contributed by atoms with Gasteiger partial charge < -0.3 is 4.90 Å². The number of carbonyl (C=O) groups excluding carboxylic acids is 1. The van der Waals surface area contributed by atoms with Crippen LogP contribution in [0.4, 0.5) is 0 Å². The largest absolute Gasteiger partial charge is 0.338 e. The number of hydrogen-bond donors (Lipinski definition) is 0. The maximum Gasteiger partial charge on any atom is 0.256 e. The summed E-state index contributed by atoms with van der Waals surface area (Å²) in [5.41, 5.74) is 1.37. The molecule has 0 N–H and O–H groups in total. The monoisotopic (exact) mass is 285 g/mol. The first-order valence-corrected chi connectivity index (χ1v) is 7.27. The highest BCUT2D eigenvalue weighted by molar-refractivity contribution is 5.97. The van der Waals surface area contributed by atoms with E-state index in [0.29, 0.717) is 17.4 Å². The summed E-state index contributed by atoms with van der Waals surface area (Å²) >= 11 is 0. The van der Waals surface area contributed by atoms with Crippen LogP contribution >= 0.6 is 0 Å². The molecule has 6 nitrogen and oxygen atoms in total. The van der Waals surface area contributed by atoms with E-state index in [4.69, 9.17) is 0 Å². The van der Waals surface area contributed by atoms with Crippen molar-refractivity contribution < 1.29 is 4.79 Å². The van der Waals surface area contributed by atoms with Crippen molar-refractivity contribution in [1.29, 1.82) is 0 Å². The lowest BCUT2D eigenvalue weighted by atomic mass is 9.91. The second-order valence-corrected chi connectivity index (χ2v) is 5.93. The predicted molar refractivity (Wildman–Crippen MR) is 78.0 cm³/mol. The minimum absolute atomic E-state index is 0.0551. The Bertz CT molecular complexity index is 615. The standard InChI is InChI=1S/C15H19N5O/c1-11-7-12(2)9-19(8-11)15(21)13-5-3-4-6-14(13)20-10-16-17-18-20/h3-6,10-12H,7-9H2,1-2H3/t11-,12+. The fourth-order valence-electron chi connectivity index (χ4n) is 3.13. The van der Waals surface area contributed by atoms with E-state index in [1.165, 1.54) is 17.4 Å². The summed E-state index contributed by atoms with van der Waals surface area (Å²) in [6.07, 6.45) is 2.69. The Hall–Kier alpha value is -2.24. The van der Waals surface area contributed by atoms with Crippen LogP contribution in [0.3, 0.4) is 0 Å². The average Bonchev–Trinajstić information content (AvgIpc) is 2.99. The number of para-hydroxylation sites is 1. The molecule has 2 atom stereocenters. The van der Waals surface area contributed by atoms with Crippen LogP contribution in [0, 0.1) is 11.8 Å². The quantitative estimate of drug-likeness (QED) is 0.843. The Balaban J connectivity index is 1.92. The summed E-state index contributed by atoms with van der Waals surface area (Å²) in [4.78, 5) is 14.8. The molecule has 21 heavy (non-hydrogen) atoms. The highest BCUT2D eigenvalue weighted by Gasteiger charge is 2.27. The summed E-state index contributed by atoms with van der Waals surface area (Å²) < 4.78 is 1.53. The molecular weight excluding hydrogens is 266 g/mol. The number of tetrazole rings is 1. The summed E-state index contributed by atoms with van der Waals surface area (Å²) in [7, 11) is 0. The summed E-state index contributed by atoms with van der Waals surface area (Å²) in [6, 6.07) is 7.46. The highest BCUT2D eigenvalue weighted by Crippen LogP contribution is 2.24. The first kappa shape index (κ1) is 13.7. The molecular formula is C15H19N5O. The Morgan fingerprint density at radius 2 is 1.90 bits per heavy atom. The number of rotatable bonds is 2. The number of amides is 1. The van der Waals surface area contributed by atoms with Crippen molar-refractivity contribution in [2.45, 2.75) is 20.3 Å².